The lowest BCUT2D eigenvalue weighted by Gasteiger charge is -2.19. The first-order chi connectivity index (χ1) is 12.2. The number of alkyl halides is 3. The molecule has 2 rings (SSSR count). The van der Waals surface area contributed by atoms with Crippen LogP contribution >= 0.6 is 0 Å². The van der Waals surface area contributed by atoms with Crippen LogP contribution in [-0.4, -0.2) is 38.9 Å². The number of aryl methyl sites for hydroxylation is 1. The Morgan fingerprint density at radius 3 is 2.65 bits per heavy atom. The molecule has 1 unspecified atom stereocenters. The summed E-state index contributed by atoms with van der Waals surface area (Å²) in [6, 6.07) is 0. The first kappa shape index (κ1) is 20.5. The minimum atomic E-state index is -4.28. The number of aromatic nitrogens is 3. The molecule has 146 valence electrons. The zero-order valence-corrected chi connectivity index (χ0v) is 14.9. The second-order valence-corrected chi connectivity index (χ2v) is 6.54. The molecule has 0 aromatic carbocycles. The third-order valence-corrected chi connectivity index (χ3v) is 4.33. The van der Waals surface area contributed by atoms with Gasteiger partial charge in [0.1, 0.15) is 17.8 Å². The quantitative estimate of drug-likeness (QED) is 0.703. The maximum atomic E-state index is 14.3. The second kappa shape index (κ2) is 8.75. The van der Waals surface area contributed by atoms with Crippen LogP contribution in [0.3, 0.4) is 0 Å². The number of aliphatic hydroxyl groups is 1. The van der Waals surface area contributed by atoms with E-state index in [2.05, 4.69) is 20.3 Å². The molecule has 0 spiro atoms. The Morgan fingerprint density at radius 2 is 2.00 bits per heavy atom. The molecule has 1 aromatic rings. The summed E-state index contributed by atoms with van der Waals surface area (Å²) in [7, 11) is 0. The third kappa shape index (κ3) is 5.36. The van der Waals surface area contributed by atoms with Gasteiger partial charge < -0.3 is 10.4 Å². The van der Waals surface area contributed by atoms with Crippen LogP contribution in [0.25, 0.3) is 5.57 Å². The van der Waals surface area contributed by atoms with Crippen molar-refractivity contribution in [2.45, 2.75) is 64.7 Å². The predicted octanol–water partition coefficient (Wildman–Crippen LogP) is 4.05. The lowest BCUT2D eigenvalue weighted by molar-refractivity contribution is -0.171. The molecule has 0 fully saturated rings. The van der Waals surface area contributed by atoms with Gasteiger partial charge in [-0.25, -0.2) is 9.37 Å². The molecule has 0 radical (unpaired) electrons. The minimum Gasteiger partial charge on any atom is -0.386 e. The Balaban J connectivity index is 2.29. The number of nitrogens with zero attached hydrogens (tertiary/aromatic N) is 3. The normalized spacial score (nSPS) is 19.6. The smallest absolute Gasteiger partial charge is 0.386 e. The van der Waals surface area contributed by atoms with E-state index in [9.17, 15) is 22.7 Å². The molecule has 9 heteroatoms. The number of rotatable bonds is 7. The monoisotopic (exact) mass is 376 g/mol. The lowest BCUT2D eigenvalue weighted by Crippen LogP contribution is -2.21. The van der Waals surface area contributed by atoms with Crippen LogP contribution in [0.1, 0.15) is 57.6 Å². The Labute approximate surface area is 150 Å². The maximum absolute atomic E-state index is 14.3. The zero-order valence-electron chi connectivity index (χ0n) is 14.9. The molecule has 26 heavy (non-hydrogen) atoms. The molecule has 1 aliphatic rings. The van der Waals surface area contributed by atoms with E-state index in [-0.39, 0.29) is 36.0 Å². The van der Waals surface area contributed by atoms with Crippen molar-refractivity contribution >= 4 is 11.5 Å². The topological polar surface area (TPSA) is 70.9 Å². The van der Waals surface area contributed by atoms with Crippen LogP contribution in [-0.2, 0) is 6.42 Å². The molecule has 0 aliphatic heterocycles. The van der Waals surface area contributed by atoms with Crippen molar-refractivity contribution in [1.29, 1.82) is 0 Å². The minimum absolute atomic E-state index is 0.00839. The molecule has 1 heterocycles. The van der Waals surface area contributed by atoms with E-state index in [4.69, 9.17) is 0 Å². The fraction of sp³-hybridized carbons (Fsp3) is 0.706. The van der Waals surface area contributed by atoms with E-state index >= 15 is 0 Å². The van der Waals surface area contributed by atoms with Crippen LogP contribution in [0.15, 0.2) is 5.83 Å². The second-order valence-electron chi connectivity index (χ2n) is 6.54. The molecule has 0 saturated carbocycles. The van der Waals surface area contributed by atoms with Gasteiger partial charge in [0.15, 0.2) is 5.82 Å². The van der Waals surface area contributed by atoms with Gasteiger partial charge in [-0.1, -0.05) is 13.8 Å². The van der Waals surface area contributed by atoms with E-state index < -0.39 is 24.0 Å². The fourth-order valence-corrected chi connectivity index (χ4v) is 2.63. The van der Waals surface area contributed by atoms with Gasteiger partial charge in [-0.2, -0.15) is 23.1 Å². The molecule has 1 aromatic heterocycles. The van der Waals surface area contributed by atoms with Gasteiger partial charge in [0.2, 0.25) is 5.95 Å². The number of halogens is 4. The maximum Gasteiger partial charge on any atom is 0.391 e. The molecular formula is C17H24F4N4O. The van der Waals surface area contributed by atoms with Crippen LogP contribution in [0, 0.1) is 5.92 Å². The van der Waals surface area contributed by atoms with Crippen LogP contribution < -0.4 is 5.32 Å². The van der Waals surface area contributed by atoms with E-state index in [1.165, 1.54) is 0 Å². The number of hydrogen-bond donors (Lipinski definition) is 2. The first-order valence-corrected chi connectivity index (χ1v) is 8.84. The van der Waals surface area contributed by atoms with Crippen molar-refractivity contribution in [2.24, 2.45) is 5.92 Å². The average Bonchev–Trinajstić information content (AvgIpc) is 2.59. The van der Waals surface area contributed by atoms with Gasteiger partial charge in [0.25, 0.3) is 0 Å². The molecule has 0 bridgehead atoms. The van der Waals surface area contributed by atoms with Crippen molar-refractivity contribution in [3.63, 3.8) is 0 Å². The van der Waals surface area contributed by atoms with Crippen molar-refractivity contribution in [3.8, 4) is 0 Å². The largest absolute Gasteiger partial charge is 0.391 e. The summed E-state index contributed by atoms with van der Waals surface area (Å²) < 4.78 is 52.4. The van der Waals surface area contributed by atoms with Gasteiger partial charge in [0.05, 0.1) is 5.92 Å². The van der Waals surface area contributed by atoms with Gasteiger partial charge in [0, 0.05) is 18.5 Å². The summed E-state index contributed by atoms with van der Waals surface area (Å²) in [5, 5.41) is 12.7. The highest BCUT2D eigenvalue weighted by atomic mass is 19.4. The summed E-state index contributed by atoms with van der Waals surface area (Å²) in [5.74, 6) is -1.66. The van der Waals surface area contributed by atoms with Crippen molar-refractivity contribution in [2.75, 3.05) is 11.9 Å². The van der Waals surface area contributed by atoms with E-state index in [0.29, 0.717) is 25.8 Å². The molecular weight excluding hydrogens is 352 g/mol. The van der Waals surface area contributed by atoms with Gasteiger partial charge in [-0.05, 0) is 32.1 Å². The highest BCUT2D eigenvalue weighted by Crippen LogP contribution is 2.32. The summed E-state index contributed by atoms with van der Waals surface area (Å²) in [6.07, 6.45) is -3.52. The van der Waals surface area contributed by atoms with Crippen molar-refractivity contribution in [3.05, 3.63) is 17.5 Å². The summed E-state index contributed by atoms with van der Waals surface area (Å²) in [6.45, 7) is 3.63. The van der Waals surface area contributed by atoms with Gasteiger partial charge in [-0.3, -0.25) is 0 Å². The average molecular weight is 376 g/mol. The van der Waals surface area contributed by atoms with Crippen molar-refractivity contribution in [1.82, 2.24) is 15.0 Å². The molecule has 2 atom stereocenters. The number of allylic oxidation sites excluding steroid dienone is 1. The van der Waals surface area contributed by atoms with Crippen LogP contribution in [0.5, 0.6) is 0 Å². The van der Waals surface area contributed by atoms with E-state index in [1.54, 1.807) is 0 Å². The Bertz CT molecular complexity index is 648. The van der Waals surface area contributed by atoms with E-state index in [0.717, 1.165) is 13.3 Å². The van der Waals surface area contributed by atoms with Gasteiger partial charge >= 0.3 is 6.18 Å². The third-order valence-electron chi connectivity index (χ3n) is 4.33. The summed E-state index contributed by atoms with van der Waals surface area (Å²) in [5.41, 5.74) is 0.204. The highest BCUT2D eigenvalue weighted by molar-refractivity contribution is 5.64. The number of aliphatic hydroxyl groups excluding tert-OH is 1. The molecule has 2 N–H and O–H groups in total. The molecule has 0 amide bonds. The Kier molecular flexibility index (Phi) is 6.91. The predicted molar refractivity (Wildman–Crippen MR) is 90.0 cm³/mol. The number of hydrogen-bond acceptors (Lipinski definition) is 5. The fourth-order valence-electron chi connectivity index (χ4n) is 2.63. The standard InChI is InChI=1S/C17H24F4N4O/c1-3-9-22-16-24-13(8-7-10(2)17(19,20)21)23-15(25-16)11-5-4-6-12(26)14(11)18/h10,12,26H,3-9H2,1-2H3,(H,22,23,24,25)/t10-,12?/m0/s1. The van der Waals surface area contributed by atoms with E-state index in [1.807, 2.05) is 6.92 Å². The first-order valence-electron chi connectivity index (χ1n) is 8.84. The molecule has 1 aliphatic carbocycles. The SMILES string of the molecule is CCCNc1nc(CC[C@H](C)C(F)(F)F)nc(C2=C(F)C(O)CCC2)n1. The Hall–Kier alpha value is -1.77. The van der Waals surface area contributed by atoms with Gasteiger partial charge in [-0.15, -0.1) is 0 Å². The van der Waals surface area contributed by atoms with Crippen LogP contribution in [0.4, 0.5) is 23.5 Å². The molecule has 0 saturated heterocycles. The lowest BCUT2D eigenvalue weighted by atomic mass is 9.95. The van der Waals surface area contributed by atoms with Crippen LogP contribution in [0.2, 0.25) is 0 Å². The summed E-state index contributed by atoms with van der Waals surface area (Å²) in [4.78, 5) is 12.5. The number of anilines is 1. The summed E-state index contributed by atoms with van der Waals surface area (Å²) >= 11 is 0. The Morgan fingerprint density at radius 1 is 1.27 bits per heavy atom. The number of nitrogens with one attached hydrogen (secondary N) is 1. The molecule has 5 nitrogen and oxygen atoms in total. The highest BCUT2D eigenvalue weighted by Gasteiger charge is 2.35. The van der Waals surface area contributed by atoms with Crippen molar-refractivity contribution < 1.29 is 22.7 Å². The zero-order chi connectivity index (χ0) is 19.3.